The highest BCUT2D eigenvalue weighted by atomic mass is 19.1. The summed E-state index contributed by atoms with van der Waals surface area (Å²) >= 11 is 0. The zero-order valence-electron chi connectivity index (χ0n) is 14.2. The number of ether oxygens (including phenoxy) is 2. The summed E-state index contributed by atoms with van der Waals surface area (Å²) in [6, 6.07) is 3.02. The molecule has 1 saturated heterocycles. The minimum absolute atomic E-state index is 0.0180. The summed E-state index contributed by atoms with van der Waals surface area (Å²) in [5.74, 6) is -1.80. The first kappa shape index (κ1) is 17.3. The van der Waals surface area contributed by atoms with Gasteiger partial charge in [-0.15, -0.1) is 0 Å². The van der Waals surface area contributed by atoms with Gasteiger partial charge in [0.1, 0.15) is 34.7 Å². The fraction of sp³-hybridized carbons (Fsp3) is 0.294. The maximum atomic E-state index is 14.2. The fourth-order valence-electron chi connectivity index (χ4n) is 2.88. The smallest absolute Gasteiger partial charge is 0.302 e. The van der Waals surface area contributed by atoms with Gasteiger partial charge in [0.2, 0.25) is 0 Å². The van der Waals surface area contributed by atoms with Crippen LogP contribution in [0.25, 0.3) is 16.7 Å². The average molecular weight is 376 g/mol. The molecule has 0 saturated carbocycles. The van der Waals surface area contributed by atoms with Crippen LogP contribution in [-0.4, -0.2) is 45.5 Å². The van der Waals surface area contributed by atoms with Gasteiger partial charge >= 0.3 is 5.97 Å². The summed E-state index contributed by atoms with van der Waals surface area (Å²) in [5.41, 5.74) is -1.21. The van der Waals surface area contributed by atoms with Crippen LogP contribution in [0.4, 0.5) is 8.78 Å². The van der Waals surface area contributed by atoms with Crippen LogP contribution in [0.5, 0.6) is 0 Å². The first-order valence-corrected chi connectivity index (χ1v) is 8.05. The zero-order chi connectivity index (χ0) is 19.2. The molecule has 0 bridgehead atoms. The lowest BCUT2D eigenvalue weighted by atomic mass is 9.86. The number of aromatic amines is 1. The SMILES string of the molecule is CC(=O)OCC1(c2nc3c(cnn3-c3ccc(F)cc3F)c(=O)[nH]2)COC1. The molecule has 10 heteroatoms. The van der Waals surface area contributed by atoms with Crippen molar-refractivity contribution in [3.8, 4) is 5.69 Å². The summed E-state index contributed by atoms with van der Waals surface area (Å²) in [6.07, 6.45) is 1.25. The number of hydrogen-bond donors (Lipinski definition) is 1. The molecular weight excluding hydrogens is 362 g/mol. The number of carbonyl (C=O) groups excluding carboxylic acids is 1. The van der Waals surface area contributed by atoms with Crippen LogP contribution in [0, 0.1) is 11.6 Å². The number of rotatable bonds is 4. The average Bonchev–Trinajstić information content (AvgIpc) is 2.98. The number of benzene rings is 1. The Morgan fingerprint density at radius 2 is 2.19 bits per heavy atom. The molecule has 8 nitrogen and oxygen atoms in total. The molecule has 1 fully saturated rings. The van der Waals surface area contributed by atoms with Gasteiger partial charge in [-0.3, -0.25) is 9.59 Å². The highest BCUT2D eigenvalue weighted by Crippen LogP contribution is 2.31. The summed E-state index contributed by atoms with van der Waals surface area (Å²) < 4.78 is 38.8. The van der Waals surface area contributed by atoms with Gasteiger partial charge in [-0.05, 0) is 12.1 Å². The van der Waals surface area contributed by atoms with Crippen molar-refractivity contribution in [2.75, 3.05) is 19.8 Å². The van der Waals surface area contributed by atoms with Crippen LogP contribution < -0.4 is 5.56 Å². The molecule has 140 valence electrons. The lowest BCUT2D eigenvalue weighted by Gasteiger charge is -2.39. The van der Waals surface area contributed by atoms with E-state index in [9.17, 15) is 18.4 Å². The third-order valence-electron chi connectivity index (χ3n) is 4.39. The largest absolute Gasteiger partial charge is 0.465 e. The van der Waals surface area contributed by atoms with E-state index < -0.39 is 28.6 Å². The number of H-pyrrole nitrogens is 1. The molecule has 0 atom stereocenters. The Balaban J connectivity index is 1.85. The molecule has 1 aliphatic heterocycles. The van der Waals surface area contributed by atoms with Crippen LogP contribution in [0.3, 0.4) is 0 Å². The normalized spacial score (nSPS) is 15.5. The second-order valence-corrected chi connectivity index (χ2v) is 6.36. The topological polar surface area (TPSA) is 99.1 Å². The number of carbonyl (C=O) groups is 1. The van der Waals surface area contributed by atoms with Gasteiger partial charge < -0.3 is 14.5 Å². The summed E-state index contributed by atoms with van der Waals surface area (Å²) in [7, 11) is 0. The number of nitrogens with one attached hydrogen (secondary N) is 1. The van der Waals surface area contributed by atoms with Crippen molar-refractivity contribution in [3.05, 3.63) is 52.2 Å². The standard InChI is InChI=1S/C17H14F2N4O4/c1-9(24)27-8-17(6-26-7-17)16-21-14-11(15(25)22-16)5-20-23(14)13-3-2-10(18)4-12(13)19/h2-5H,6-8H2,1H3,(H,21,22,25). The quantitative estimate of drug-likeness (QED) is 0.688. The molecule has 3 aromatic rings. The number of esters is 1. The molecule has 0 spiro atoms. The molecular formula is C17H14F2N4O4. The van der Waals surface area contributed by atoms with Crippen molar-refractivity contribution in [2.45, 2.75) is 12.3 Å². The van der Waals surface area contributed by atoms with Gasteiger partial charge in [-0.1, -0.05) is 0 Å². The predicted octanol–water partition coefficient (Wildman–Crippen LogP) is 1.22. The molecule has 1 N–H and O–H groups in total. The minimum atomic E-state index is -0.842. The summed E-state index contributed by atoms with van der Waals surface area (Å²) in [4.78, 5) is 30.7. The van der Waals surface area contributed by atoms with E-state index in [2.05, 4.69) is 15.1 Å². The number of nitrogens with zero attached hydrogens (tertiary/aromatic N) is 3. The van der Waals surface area contributed by atoms with E-state index in [-0.39, 0.29) is 42.4 Å². The molecule has 0 aliphatic carbocycles. The predicted molar refractivity (Wildman–Crippen MR) is 88.5 cm³/mol. The van der Waals surface area contributed by atoms with E-state index in [1.165, 1.54) is 19.2 Å². The monoisotopic (exact) mass is 376 g/mol. The molecule has 27 heavy (non-hydrogen) atoms. The Labute approximate surface area is 150 Å². The number of halogens is 2. The van der Waals surface area contributed by atoms with E-state index in [4.69, 9.17) is 9.47 Å². The van der Waals surface area contributed by atoms with Gasteiger partial charge in [0.25, 0.3) is 5.56 Å². The minimum Gasteiger partial charge on any atom is -0.465 e. The van der Waals surface area contributed by atoms with Crippen molar-refractivity contribution in [2.24, 2.45) is 0 Å². The first-order chi connectivity index (χ1) is 12.9. The molecule has 0 radical (unpaired) electrons. The van der Waals surface area contributed by atoms with Gasteiger partial charge in [0.05, 0.1) is 19.4 Å². The Kier molecular flexibility index (Phi) is 3.99. The second-order valence-electron chi connectivity index (χ2n) is 6.36. The Bertz CT molecular complexity index is 1100. The van der Waals surface area contributed by atoms with E-state index in [0.717, 1.165) is 16.8 Å². The molecule has 3 heterocycles. The third-order valence-corrected chi connectivity index (χ3v) is 4.39. The Morgan fingerprint density at radius 1 is 1.41 bits per heavy atom. The van der Waals surface area contributed by atoms with E-state index >= 15 is 0 Å². The van der Waals surface area contributed by atoms with Crippen LogP contribution in [-0.2, 0) is 19.7 Å². The summed E-state index contributed by atoms with van der Waals surface area (Å²) in [6.45, 7) is 1.66. The highest BCUT2D eigenvalue weighted by Gasteiger charge is 2.44. The van der Waals surface area contributed by atoms with Crippen molar-refractivity contribution < 1.29 is 23.0 Å². The number of fused-ring (bicyclic) bond motifs is 1. The molecule has 4 rings (SSSR count). The second kappa shape index (κ2) is 6.23. The van der Waals surface area contributed by atoms with E-state index in [1.54, 1.807) is 0 Å². The van der Waals surface area contributed by atoms with Crippen LogP contribution in [0.1, 0.15) is 12.7 Å². The third kappa shape index (κ3) is 2.87. The first-order valence-electron chi connectivity index (χ1n) is 8.05. The van der Waals surface area contributed by atoms with Crippen molar-refractivity contribution in [1.82, 2.24) is 19.7 Å². The van der Waals surface area contributed by atoms with Gasteiger partial charge in [0.15, 0.2) is 11.5 Å². The maximum absolute atomic E-state index is 14.2. The highest BCUT2D eigenvalue weighted by molar-refractivity contribution is 5.75. The van der Waals surface area contributed by atoms with Crippen molar-refractivity contribution >= 4 is 17.0 Å². The fourth-order valence-corrected chi connectivity index (χ4v) is 2.88. The van der Waals surface area contributed by atoms with Gasteiger partial charge in [-0.2, -0.15) is 5.10 Å². The Morgan fingerprint density at radius 3 is 2.81 bits per heavy atom. The maximum Gasteiger partial charge on any atom is 0.302 e. The summed E-state index contributed by atoms with van der Waals surface area (Å²) in [5, 5.41) is 4.16. The van der Waals surface area contributed by atoms with Gasteiger partial charge in [0, 0.05) is 13.0 Å². The van der Waals surface area contributed by atoms with E-state index in [0.29, 0.717) is 0 Å². The lowest BCUT2D eigenvalue weighted by Crippen LogP contribution is -2.52. The zero-order valence-corrected chi connectivity index (χ0v) is 14.2. The lowest BCUT2D eigenvalue weighted by molar-refractivity contribution is -0.152. The van der Waals surface area contributed by atoms with E-state index in [1.807, 2.05) is 0 Å². The molecule has 0 unspecified atom stereocenters. The van der Waals surface area contributed by atoms with Crippen LogP contribution in [0.2, 0.25) is 0 Å². The molecule has 2 aromatic heterocycles. The van der Waals surface area contributed by atoms with Crippen molar-refractivity contribution in [3.63, 3.8) is 0 Å². The van der Waals surface area contributed by atoms with Crippen LogP contribution in [0.15, 0.2) is 29.2 Å². The molecule has 1 aromatic carbocycles. The number of hydrogen-bond acceptors (Lipinski definition) is 6. The number of aromatic nitrogens is 4. The van der Waals surface area contributed by atoms with Crippen molar-refractivity contribution in [1.29, 1.82) is 0 Å². The van der Waals surface area contributed by atoms with Crippen LogP contribution >= 0.6 is 0 Å². The Hall–Kier alpha value is -3.14. The van der Waals surface area contributed by atoms with Gasteiger partial charge in [-0.25, -0.2) is 18.4 Å². The molecule has 1 aliphatic rings. The molecule has 0 amide bonds.